The van der Waals surface area contributed by atoms with Crippen LogP contribution in [0.3, 0.4) is 0 Å². The number of halogens is 2. The summed E-state index contributed by atoms with van der Waals surface area (Å²) in [5, 5.41) is 13.4. The van der Waals surface area contributed by atoms with Gasteiger partial charge in [-0.05, 0) is 0 Å². The SMILES string of the molecule is O=c1[nH]cnc2[nH]ncc12.O=c1[nH]cnc2[nH]ncc12.[Cl][Co][Cl]. The van der Waals surface area contributed by atoms with E-state index in [1.807, 2.05) is 0 Å². The van der Waals surface area contributed by atoms with Crippen LogP contribution in [0.2, 0.25) is 0 Å². The Bertz CT molecular complexity index is 913. The molecule has 123 valence electrons. The zero-order valence-electron chi connectivity index (χ0n) is 11.0. The summed E-state index contributed by atoms with van der Waals surface area (Å²) in [6.07, 6.45) is 5.56. The van der Waals surface area contributed by atoms with Gasteiger partial charge in [0.15, 0.2) is 11.3 Å². The van der Waals surface area contributed by atoms with E-state index in [1.165, 1.54) is 25.0 Å². The first-order chi connectivity index (χ1) is 11.2. The molecule has 0 atom stereocenters. The third-order valence-electron chi connectivity index (χ3n) is 2.51. The van der Waals surface area contributed by atoms with Crippen molar-refractivity contribution in [2.24, 2.45) is 0 Å². The Morgan fingerprint density at radius 2 is 1.22 bits per heavy atom. The van der Waals surface area contributed by atoms with Crippen molar-refractivity contribution in [3.63, 3.8) is 0 Å². The summed E-state index contributed by atoms with van der Waals surface area (Å²) in [6.45, 7) is 0. The maximum absolute atomic E-state index is 10.9. The van der Waals surface area contributed by atoms with Crippen LogP contribution in [0, 0.1) is 0 Å². The molecule has 0 saturated heterocycles. The van der Waals surface area contributed by atoms with Crippen molar-refractivity contribution in [2.45, 2.75) is 0 Å². The average molecular weight is 402 g/mol. The van der Waals surface area contributed by atoms with Crippen molar-refractivity contribution < 1.29 is 12.9 Å². The Morgan fingerprint density at radius 1 is 0.826 bits per heavy atom. The van der Waals surface area contributed by atoms with Gasteiger partial charge in [0.1, 0.15) is 10.8 Å². The molecule has 0 saturated carbocycles. The fraction of sp³-hybridized carbons (Fsp3) is 0. The van der Waals surface area contributed by atoms with E-state index in [0.717, 1.165) is 0 Å². The number of aromatic amines is 4. The second-order valence-corrected chi connectivity index (χ2v) is 5.49. The van der Waals surface area contributed by atoms with Gasteiger partial charge in [-0.1, -0.05) is 0 Å². The predicted molar refractivity (Wildman–Crippen MR) is 80.7 cm³/mol. The summed E-state index contributed by atoms with van der Waals surface area (Å²) in [6, 6.07) is 0. The summed E-state index contributed by atoms with van der Waals surface area (Å²) in [4.78, 5) is 34.3. The number of nitrogens with one attached hydrogen (secondary N) is 4. The van der Waals surface area contributed by atoms with Crippen molar-refractivity contribution in [3.05, 3.63) is 45.8 Å². The molecule has 0 unspecified atom stereocenters. The number of aromatic nitrogens is 8. The van der Waals surface area contributed by atoms with Crippen molar-refractivity contribution in [1.82, 2.24) is 40.3 Å². The molecule has 0 aliphatic rings. The quantitative estimate of drug-likeness (QED) is 0.340. The van der Waals surface area contributed by atoms with E-state index in [-0.39, 0.29) is 11.1 Å². The van der Waals surface area contributed by atoms with Gasteiger partial charge in [-0.3, -0.25) is 19.8 Å². The van der Waals surface area contributed by atoms with Crippen molar-refractivity contribution in [1.29, 1.82) is 0 Å². The molecule has 13 heteroatoms. The number of hydrogen-bond acceptors (Lipinski definition) is 6. The minimum absolute atomic E-state index is 0.168. The van der Waals surface area contributed by atoms with Crippen molar-refractivity contribution in [3.8, 4) is 0 Å². The molecule has 0 fully saturated rings. The molecule has 4 aromatic rings. The van der Waals surface area contributed by atoms with Gasteiger partial charge in [0.2, 0.25) is 0 Å². The standard InChI is InChI=1S/2C5H4N4O.2ClH.Co/c2*10-5-3-1-8-9-4(3)6-2-7-5;;;/h2*1-2H,(H2,6,7,8,9,10);2*1H;/q;;;;+2/p-2. The van der Waals surface area contributed by atoms with Gasteiger partial charge in [0, 0.05) is 0 Å². The summed E-state index contributed by atoms with van der Waals surface area (Å²) in [5.74, 6) is 0. The molecular formula is C10H8Cl2CoN8O2. The van der Waals surface area contributed by atoms with Crippen LogP contribution < -0.4 is 11.1 Å². The van der Waals surface area contributed by atoms with Gasteiger partial charge in [-0.25, -0.2) is 9.97 Å². The summed E-state index contributed by atoms with van der Waals surface area (Å²) < 4.78 is 0. The number of H-pyrrole nitrogens is 4. The molecule has 0 amide bonds. The fourth-order valence-corrected chi connectivity index (χ4v) is 1.55. The Hall–Kier alpha value is -2.21. The summed E-state index contributed by atoms with van der Waals surface area (Å²) in [5.41, 5.74) is 0.699. The molecular weight excluding hydrogens is 394 g/mol. The van der Waals surface area contributed by atoms with Crippen LogP contribution in [0.5, 0.6) is 0 Å². The fourth-order valence-electron chi connectivity index (χ4n) is 1.55. The van der Waals surface area contributed by atoms with Gasteiger partial charge in [-0.2, -0.15) is 10.2 Å². The topological polar surface area (TPSA) is 149 Å². The van der Waals surface area contributed by atoms with E-state index in [1.54, 1.807) is 0 Å². The van der Waals surface area contributed by atoms with E-state index in [4.69, 9.17) is 20.3 Å². The van der Waals surface area contributed by atoms with Gasteiger partial charge in [0.05, 0.1) is 25.0 Å². The Balaban J connectivity index is 0.000000143. The van der Waals surface area contributed by atoms with Crippen LogP contribution >= 0.6 is 20.3 Å². The van der Waals surface area contributed by atoms with Crippen molar-refractivity contribution in [2.75, 3.05) is 0 Å². The van der Waals surface area contributed by atoms with Gasteiger partial charge >= 0.3 is 33.2 Å². The molecule has 4 rings (SSSR count). The molecule has 4 N–H and O–H groups in total. The van der Waals surface area contributed by atoms with E-state index >= 15 is 0 Å². The molecule has 10 nitrogen and oxygen atoms in total. The minimum atomic E-state index is -0.168. The van der Waals surface area contributed by atoms with Gasteiger partial charge in [0.25, 0.3) is 11.1 Å². The zero-order valence-corrected chi connectivity index (χ0v) is 13.6. The van der Waals surface area contributed by atoms with Gasteiger partial charge < -0.3 is 9.97 Å². The molecule has 4 aromatic heterocycles. The van der Waals surface area contributed by atoms with E-state index in [9.17, 15) is 9.59 Å². The first-order valence-corrected chi connectivity index (χ1v) is 8.61. The normalized spacial score (nSPS) is 10.0. The van der Waals surface area contributed by atoms with E-state index in [2.05, 4.69) is 40.3 Å². The van der Waals surface area contributed by atoms with Crippen LogP contribution in [0.25, 0.3) is 22.1 Å². The summed E-state index contributed by atoms with van der Waals surface area (Å²) in [7, 11) is 9.47. The molecule has 0 bridgehead atoms. The molecule has 0 aromatic carbocycles. The summed E-state index contributed by atoms with van der Waals surface area (Å²) >= 11 is 0.382. The van der Waals surface area contributed by atoms with Crippen LogP contribution in [0.1, 0.15) is 0 Å². The number of nitrogens with zero attached hydrogens (tertiary/aromatic N) is 4. The van der Waals surface area contributed by atoms with Crippen LogP contribution in [0.4, 0.5) is 0 Å². The second-order valence-electron chi connectivity index (χ2n) is 3.78. The maximum atomic E-state index is 10.9. The van der Waals surface area contributed by atoms with Gasteiger partial charge in [-0.15, -0.1) is 0 Å². The third kappa shape index (κ3) is 4.38. The first-order valence-electron chi connectivity index (χ1n) is 5.74. The van der Waals surface area contributed by atoms with E-state index < -0.39 is 0 Å². The Kier molecular flexibility index (Phi) is 6.28. The molecule has 4 heterocycles. The zero-order chi connectivity index (χ0) is 16.7. The van der Waals surface area contributed by atoms with Crippen LogP contribution in [0.15, 0.2) is 34.6 Å². The van der Waals surface area contributed by atoms with E-state index in [0.29, 0.717) is 35.0 Å². The number of fused-ring (bicyclic) bond motifs is 2. The number of rotatable bonds is 0. The second kappa shape index (κ2) is 8.43. The predicted octanol–water partition coefficient (Wildman–Crippen LogP) is 0.669. The molecule has 0 spiro atoms. The Labute approximate surface area is 141 Å². The molecule has 0 radical (unpaired) electrons. The Morgan fingerprint density at radius 3 is 1.57 bits per heavy atom. The number of hydrogen-bond donors (Lipinski definition) is 4. The van der Waals surface area contributed by atoms with Crippen LogP contribution in [-0.4, -0.2) is 40.3 Å². The molecule has 0 aliphatic carbocycles. The van der Waals surface area contributed by atoms with Crippen molar-refractivity contribution >= 4 is 42.4 Å². The monoisotopic (exact) mass is 401 g/mol. The third-order valence-corrected chi connectivity index (χ3v) is 2.51. The first kappa shape index (κ1) is 17.1. The molecule has 23 heavy (non-hydrogen) atoms. The van der Waals surface area contributed by atoms with Crippen LogP contribution in [-0.2, 0) is 12.9 Å². The average Bonchev–Trinajstić information content (AvgIpc) is 3.18. The molecule has 0 aliphatic heterocycles.